The minimum atomic E-state index is -1.05. The molecule has 80 valence electrons. The monoisotopic (exact) mass is 208 g/mol. The van der Waals surface area contributed by atoms with Crippen LogP contribution in [-0.2, 0) is 0 Å². The number of amides is 2. The van der Waals surface area contributed by atoms with Gasteiger partial charge in [-0.05, 0) is 12.1 Å². The molecule has 5 heteroatoms. The highest BCUT2D eigenvalue weighted by molar-refractivity contribution is 6.00. The Hall–Kier alpha value is -2.04. The molecule has 5 nitrogen and oxygen atoms in total. The normalized spacial score (nSPS) is 9.47. The lowest BCUT2D eigenvalue weighted by molar-refractivity contribution is 0.0697. The lowest BCUT2D eigenvalue weighted by Gasteiger charge is -2.18. The summed E-state index contributed by atoms with van der Waals surface area (Å²) in [6, 6.07) is 5.98. The van der Waals surface area contributed by atoms with E-state index in [9.17, 15) is 9.59 Å². The van der Waals surface area contributed by atoms with Gasteiger partial charge in [-0.1, -0.05) is 12.1 Å². The van der Waals surface area contributed by atoms with Crippen LogP contribution in [0.4, 0.5) is 10.5 Å². The van der Waals surface area contributed by atoms with Crippen molar-refractivity contribution in [2.45, 2.75) is 0 Å². The molecule has 0 saturated heterocycles. The maximum atomic E-state index is 11.3. The van der Waals surface area contributed by atoms with Gasteiger partial charge in [0.1, 0.15) is 0 Å². The number of carboxylic acid groups (broad SMARTS) is 1. The summed E-state index contributed by atoms with van der Waals surface area (Å²) < 4.78 is 0. The van der Waals surface area contributed by atoms with E-state index >= 15 is 0 Å². The first-order chi connectivity index (χ1) is 7.07. The van der Waals surface area contributed by atoms with Crippen molar-refractivity contribution in [3.8, 4) is 0 Å². The molecular formula is C10H12N2O3. The number of carbonyl (C=O) groups excluding carboxylic acids is 1. The number of nitrogens with one attached hydrogen (secondary N) is 1. The minimum Gasteiger partial charge on any atom is -0.478 e. The lowest BCUT2D eigenvalue weighted by Crippen LogP contribution is -2.35. The highest BCUT2D eigenvalue weighted by Crippen LogP contribution is 2.18. The van der Waals surface area contributed by atoms with Crippen LogP contribution >= 0.6 is 0 Å². The van der Waals surface area contributed by atoms with Crippen molar-refractivity contribution in [2.24, 2.45) is 0 Å². The van der Waals surface area contributed by atoms with Gasteiger partial charge in [0.2, 0.25) is 0 Å². The summed E-state index contributed by atoms with van der Waals surface area (Å²) in [7, 11) is 3.00. The summed E-state index contributed by atoms with van der Waals surface area (Å²) in [5, 5.41) is 11.3. The van der Waals surface area contributed by atoms with Gasteiger partial charge in [-0.25, -0.2) is 9.59 Å². The number of carbonyl (C=O) groups is 2. The highest BCUT2D eigenvalue weighted by atomic mass is 16.4. The van der Waals surface area contributed by atoms with Gasteiger partial charge < -0.3 is 10.4 Å². The third-order valence-electron chi connectivity index (χ3n) is 2.01. The Morgan fingerprint density at radius 1 is 1.33 bits per heavy atom. The van der Waals surface area contributed by atoms with Gasteiger partial charge in [0.15, 0.2) is 0 Å². The van der Waals surface area contributed by atoms with E-state index in [0.717, 1.165) is 0 Å². The average molecular weight is 208 g/mol. The van der Waals surface area contributed by atoms with E-state index in [1.807, 2.05) is 0 Å². The van der Waals surface area contributed by atoms with Gasteiger partial charge in [-0.2, -0.15) is 0 Å². The number of rotatable bonds is 2. The SMILES string of the molecule is CNC(=O)N(C)c1ccccc1C(=O)O. The Bertz CT molecular complexity index is 390. The molecule has 0 radical (unpaired) electrons. The predicted octanol–water partition coefficient (Wildman–Crippen LogP) is 1.16. The van der Waals surface area contributed by atoms with Crippen LogP contribution in [0.2, 0.25) is 0 Å². The second kappa shape index (κ2) is 4.45. The molecule has 0 aliphatic rings. The Kier molecular flexibility index (Phi) is 3.28. The smallest absolute Gasteiger partial charge is 0.337 e. The zero-order chi connectivity index (χ0) is 11.4. The largest absolute Gasteiger partial charge is 0.478 e. The Balaban J connectivity index is 3.13. The van der Waals surface area contributed by atoms with E-state index in [1.54, 1.807) is 18.2 Å². The average Bonchev–Trinajstić information content (AvgIpc) is 2.27. The number of hydrogen-bond acceptors (Lipinski definition) is 2. The van der Waals surface area contributed by atoms with E-state index in [0.29, 0.717) is 5.69 Å². The van der Waals surface area contributed by atoms with Gasteiger partial charge in [-0.3, -0.25) is 4.90 Å². The van der Waals surface area contributed by atoms with E-state index < -0.39 is 5.97 Å². The Morgan fingerprint density at radius 2 is 1.93 bits per heavy atom. The number of urea groups is 1. The summed E-state index contributed by atoms with van der Waals surface area (Å²) in [5.74, 6) is -1.05. The van der Waals surface area contributed by atoms with Gasteiger partial charge in [0.05, 0.1) is 11.3 Å². The fourth-order valence-electron chi connectivity index (χ4n) is 1.22. The van der Waals surface area contributed by atoms with E-state index in [4.69, 9.17) is 5.11 Å². The molecular weight excluding hydrogens is 196 g/mol. The number of carboxylic acids is 1. The number of anilines is 1. The summed E-state index contributed by atoms with van der Waals surface area (Å²) in [6.45, 7) is 0. The van der Waals surface area contributed by atoms with Crippen molar-refractivity contribution in [3.63, 3.8) is 0 Å². The number of benzene rings is 1. The van der Waals surface area contributed by atoms with Crippen LogP contribution in [0.25, 0.3) is 0 Å². The summed E-state index contributed by atoms with van der Waals surface area (Å²) in [4.78, 5) is 23.4. The van der Waals surface area contributed by atoms with Crippen LogP contribution in [0.1, 0.15) is 10.4 Å². The highest BCUT2D eigenvalue weighted by Gasteiger charge is 2.16. The first kappa shape index (κ1) is 11.0. The van der Waals surface area contributed by atoms with Gasteiger partial charge in [0, 0.05) is 14.1 Å². The number of hydrogen-bond donors (Lipinski definition) is 2. The van der Waals surface area contributed by atoms with Gasteiger partial charge in [0.25, 0.3) is 0 Å². The summed E-state index contributed by atoms with van der Waals surface area (Å²) >= 11 is 0. The van der Waals surface area contributed by atoms with Gasteiger partial charge >= 0.3 is 12.0 Å². The third kappa shape index (κ3) is 2.25. The van der Waals surface area contributed by atoms with E-state index in [1.165, 1.54) is 25.1 Å². The maximum Gasteiger partial charge on any atom is 0.337 e. The first-order valence-corrected chi connectivity index (χ1v) is 4.35. The molecule has 1 aromatic carbocycles. The molecule has 2 amide bonds. The topological polar surface area (TPSA) is 69.6 Å². The van der Waals surface area contributed by atoms with E-state index in [-0.39, 0.29) is 11.6 Å². The molecule has 0 fully saturated rings. The second-order valence-corrected chi connectivity index (χ2v) is 2.94. The molecule has 1 rings (SSSR count). The molecule has 1 aromatic rings. The maximum absolute atomic E-state index is 11.3. The third-order valence-corrected chi connectivity index (χ3v) is 2.01. The fourth-order valence-corrected chi connectivity index (χ4v) is 1.22. The first-order valence-electron chi connectivity index (χ1n) is 4.35. The lowest BCUT2D eigenvalue weighted by atomic mass is 10.1. The number of nitrogens with zero attached hydrogens (tertiary/aromatic N) is 1. The van der Waals surface area contributed by atoms with Crippen molar-refractivity contribution in [2.75, 3.05) is 19.0 Å². The number of para-hydroxylation sites is 1. The molecule has 0 atom stereocenters. The van der Waals surface area contributed by atoms with E-state index in [2.05, 4.69) is 5.32 Å². The van der Waals surface area contributed by atoms with Crippen molar-refractivity contribution < 1.29 is 14.7 Å². The van der Waals surface area contributed by atoms with Crippen molar-refractivity contribution >= 4 is 17.7 Å². The summed E-state index contributed by atoms with van der Waals surface area (Å²) in [5.41, 5.74) is 0.466. The minimum absolute atomic E-state index is 0.101. The quantitative estimate of drug-likeness (QED) is 0.766. The second-order valence-electron chi connectivity index (χ2n) is 2.94. The molecule has 15 heavy (non-hydrogen) atoms. The van der Waals surface area contributed by atoms with Crippen LogP contribution in [0.5, 0.6) is 0 Å². The zero-order valence-electron chi connectivity index (χ0n) is 8.52. The standard InChI is InChI=1S/C10H12N2O3/c1-11-10(15)12(2)8-6-4-3-5-7(8)9(13)14/h3-6H,1-2H3,(H,11,15)(H,13,14). The van der Waals surface area contributed by atoms with Crippen LogP contribution in [-0.4, -0.2) is 31.2 Å². The van der Waals surface area contributed by atoms with Crippen molar-refractivity contribution in [1.29, 1.82) is 0 Å². The molecule has 2 N–H and O–H groups in total. The van der Waals surface area contributed by atoms with Crippen LogP contribution in [0, 0.1) is 0 Å². The fraction of sp³-hybridized carbons (Fsp3) is 0.200. The molecule has 0 bridgehead atoms. The number of aromatic carboxylic acids is 1. The van der Waals surface area contributed by atoms with Crippen molar-refractivity contribution in [3.05, 3.63) is 29.8 Å². The molecule has 0 saturated carbocycles. The van der Waals surface area contributed by atoms with Crippen LogP contribution < -0.4 is 10.2 Å². The molecule has 0 aliphatic heterocycles. The molecule has 0 unspecified atom stereocenters. The summed E-state index contributed by atoms with van der Waals surface area (Å²) in [6.07, 6.45) is 0. The van der Waals surface area contributed by atoms with Gasteiger partial charge in [-0.15, -0.1) is 0 Å². The van der Waals surface area contributed by atoms with Crippen LogP contribution in [0.3, 0.4) is 0 Å². The van der Waals surface area contributed by atoms with Crippen LogP contribution in [0.15, 0.2) is 24.3 Å². The Labute approximate surface area is 87.3 Å². The molecule has 0 spiro atoms. The zero-order valence-corrected chi connectivity index (χ0v) is 8.52. The van der Waals surface area contributed by atoms with Crippen molar-refractivity contribution in [1.82, 2.24) is 5.32 Å². The molecule has 0 aliphatic carbocycles. The Morgan fingerprint density at radius 3 is 2.47 bits per heavy atom. The predicted molar refractivity (Wildman–Crippen MR) is 56.3 cm³/mol. The molecule has 0 aromatic heterocycles. The molecule has 0 heterocycles.